The summed E-state index contributed by atoms with van der Waals surface area (Å²) in [7, 11) is 0. The van der Waals surface area contributed by atoms with Gasteiger partial charge in [-0.15, -0.1) is 0 Å². The molecule has 5 heteroatoms. The Morgan fingerprint density at radius 2 is 1.52 bits per heavy atom. The van der Waals surface area contributed by atoms with Crippen molar-refractivity contribution in [1.82, 2.24) is 4.90 Å². The maximum Gasteiger partial charge on any atom is 0.338 e. The van der Waals surface area contributed by atoms with Crippen LogP contribution in [0.5, 0.6) is 0 Å². The van der Waals surface area contributed by atoms with Crippen LogP contribution in [0.2, 0.25) is 0 Å². The number of esters is 1. The highest BCUT2D eigenvalue weighted by Crippen LogP contribution is 2.16. The summed E-state index contributed by atoms with van der Waals surface area (Å²) in [5.41, 5.74) is 2.38. The van der Waals surface area contributed by atoms with Gasteiger partial charge in [0.25, 0.3) is 0 Å². The lowest BCUT2D eigenvalue weighted by atomic mass is 10.1. The number of likely N-dealkylation sites (tertiary alicyclic amines) is 1. The summed E-state index contributed by atoms with van der Waals surface area (Å²) in [6.07, 6.45) is 1.24. The third-order valence-corrected chi connectivity index (χ3v) is 4.15. The molecule has 1 saturated heterocycles. The first-order chi connectivity index (χ1) is 12.1. The highest BCUT2D eigenvalue weighted by molar-refractivity contribution is 6.01. The number of hydrogen-bond acceptors (Lipinski definition) is 4. The van der Waals surface area contributed by atoms with Crippen LogP contribution in [0.25, 0.3) is 0 Å². The Kier molecular flexibility index (Phi) is 5.23. The second kappa shape index (κ2) is 7.75. The minimum Gasteiger partial charge on any atom is -0.462 e. The van der Waals surface area contributed by atoms with Crippen molar-refractivity contribution >= 4 is 17.8 Å². The standard InChI is InChI=1S/C20H19NO4/c22-18-10-11-19(23)21(18)14-16-6-8-17(9-7-16)20(24)25-13-12-15-4-2-1-3-5-15/h1-9H,10-14H2. The largest absolute Gasteiger partial charge is 0.462 e. The van der Waals surface area contributed by atoms with Crippen LogP contribution in [0.1, 0.15) is 34.3 Å². The van der Waals surface area contributed by atoms with E-state index in [0.29, 0.717) is 18.6 Å². The highest BCUT2D eigenvalue weighted by Gasteiger charge is 2.28. The van der Waals surface area contributed by atoms with Crippen molar-refractivity contribution in [2.24, 2.45) is 0 Å². The van der Waals surface area contributed by atoms with E-state index in [2.05, 4.69) is 0 Å². The topological polar surface area (TPSA) is 63.7 Å². The summed E-state index contributed by atoms with van der Waals surface area (Å²) >= 11 is 0. The number of hydrogen-bond donors (Lipinski definition) is 0. The molecule has 1 fully saturated rings. The van der Waals surface area contributed by atoms with Crippen LogP contribution >= 0.6 is 0 Å². The minimum absolute atomic E-state index is 0.144. The first kappa shape index (κ1) is 16.9. The number of nitrogens with zero attached hydrogens (tertiary/aromatic N) is 1. The molecule has 0 radical (unpaired) electrons. The van der Waals surface area contributed by atoms with Gasteiger partial charge in [0, 0.05) is 19.3 Å². The third kappa shape index (κ3) is 4.32. The van der Waals surface area contributed by atoms with Gasteiger partial charge in [-0.1, -0.05) is 42.5 Å². The first-order valence-corrected chi connectivity index (χ1v) is 8.26. The number of imide groups is 1. The van der Waals surface area contributed by atoms with Crippen molar-refractivity contribution in [3.63, 3.8) is 0 Å². The van der Waals surface area contributed by atoms with E-state index < -0.39 is 0 Å². The summed E-state index contributed by atoms with van der Waals surface area (Å²) in [6.45, 7) is 0.572. The smallest absolute Gasteiger partial charge is 0.338 e. The molecule has 0 atom stereocenters. The van der Waals surface area contributed by atoms with Crippen molar-refractivity contribution in [2.45, 2.75) is 25.8 Å². The summed E-state index contributed by atoms with van der Waals surface area (Å²) in [5, 5.41) is 0. The van der Waals surface area contributed by atoms with E-state index in [1.54, 1.807) is 24.3 Å². The Labute approximate surface area is 146 Å². The molecule has 2 amide bonds. The lowest BCUT2D eigenvalue weighted by molar-refractivity contribution is -0.139. The second-order valence-electron chi connectivity index (χ2n) is 5.94. The van der Waals surface area contributed by atoms with E-state index in [0.717, 1.165) is 11.1 Å². The Hall–Kier alpha value is -2.95. The molecular weight excluding hydrogens is 318 g/mol. The number of ether oxygens (including phenoxy) is 1. The summed E-state index contributed by atoms with van der Waals surface area (Å²) in [4.78, 5) is 36.6. The van der Waals surface area contributed by atoms with Crippen LogP contribution in [0.15, 0.2) is 54.6 Å². The van der Waals surface area contributed by atoms with Crippen molar-refractivity contribution in [3.8, 4) is 0 Å². The predicted molar refractivity (Wildman–Crippen MR) is 91.7 cm³/mol. The molecule has 2 aromatic carbocycles. The van der Waals surface area contributed by atoms with Gasteiger partial charge in [-0.3, -0.25) is 14.5 Å². The fourth-order valence-corrected chi connectivity index (χ4v) is 2.72. The van der Waals surface area contributed by atoms with Gasteiger partial charge in [0.1, 0.15) is 0 Å². The summed E-state index contributed by atoms with van der Waals surface area (Å²) in [6, 6.07) is 16.6. The van der Waals surface area contributed by atoms with E-state index in [1.807, 2.05) is 30.3 Å². The van der Waals surface area contributed by atoms with Crippen molar-refractivity contribution in [2.75, 3.05) is 6.61 Å². The highest BCUT2D eigenvalue weighted by atomic mass is 16.5. The maximum atomic E-state index is 12.1. The number of amides is 2. The third-order valence-electron chi connectivity index (χ3n) is 4.15. The molecule has 1 aliphatic heterocycles. The summed E-state index contributed by atoms with van der Waals surface area (Å²) in [5.74, 6) is -0.667. The lowest BCUT2D eigenvalue weighted by Crippen LogP contribution is -2.28. The van der Waals surface area contributed by atoms with E-state index in [-0.39, 0.29) is 37.2 Å². The molecule has 25 heavy (non-hydrogen) atoms. The SMILES string of the molecule is O=C(OCCc1ccccc1)c1ccc(CN2C(=O)CCC2=O)cc1. The van der Waals surface area contributed by atoms with E-state index in [1.165, 1.54) is 4.90 Å². The lowest BCUT2D eigenvalue weighted by Gasteiger charge is -2.13. The molecule has 1 heterocycles. The molecule has 128 valence electrons. The zero-order valence-corrected chi connectivity index (χ0v) is 13.8. The average Bonchev–Trinajstić information content (AvgIpc) is 2.95. The molecule has 0 spiro atoms. The zero-order chi connectivity index (χ0) is 17.6. The molecular formula is C20H19NO4. The van der Waals surface area contributed by atoms with Gasteiger partial charge < -0.3 is 4.74 Å². The second-order valence-corrected chi connectivity index (χ2v) is 5.94. The Bertz CT molecular complexity index is 752. The zero-order valence-electron chi connectivity index (χ0n) is 13.8. The van der Waals surface area contributed by atoms with Gasteiger partial charge in [-0.05, 0) is 23.3 Å². The van der Waals surface area contributed by atoms with Gasteiger partial charge in [0.2, 0.25) is 11.8 Å². The average molecular weight is 337 g/mol. The molecule has 0 aliphatic carbocycles. The summed E-state index contributed by atoms with van der Waals surface area (Å²) < 4.78 is 5.28. The molecule has 0 bridgehead atoms. The normalized spacial score (nSPS) is 14.0. The molecule has 2 aromatic rings. The van der Waals surface area contributed by atoms with E-state index in [4.69, 9.17) is 4.74 Å². The van der Waals surface area contributed by atoms with Gasteiger partial charge in [-0.2, -0.15) is 0 Å². The monoisotopic (exact) mass is 337 g/mol. The Morgan fingerprint density at radius 1 is 0.880 bits per heavy atom. The van der Waals surface area contributed by atoms with Crippen LogP contribution in [-0.4, -0.2) is 29.3 Å². The van der Waals surface area contributed by atoms with Crippen LogP contribution in [0.4, 0.5) is 0 Å². The Balaban J connectivity index is 1.52. The number of carbonyl (C=O) groups is 3. The number of benzene rings is 2. The van der Waals surface area contributed by atoms with Crippen LogP contribution in [0, 0.1) is 0 Å². The predicted octanol–water partition coefficient (Wildman–Crippen LogP) is 2.74. The van der Waals surface area contributed by atoms with Crippen LogP contribution < -0.4 is 0 Å². The molecule has 1 aliphatic rings. The molecule has 5 nitrogen and oxygen atoms in total. The quantitative estimate of drug-likeness (QED) is 0.600. The fourth-order valence-electron chi connectivity index (χ4n) is 2.72. The molecule has 0 aromatic heterocycles. The van der Waals surface area contributed by atoms with E-state index >= 15 is 0 Å². The van der Waals surface area contributed by atoms with Gasteiger partial charge in [0.15, 0.2) is 0 Å². The maximum absolute atomic E-state index is 12.1. The Morgan fingerprint density at radius 3 is 2.16 bits per heavy atom. The fraction of sp³-hybridized carbons (Fsp3) is 0.250. The number of carbonyl (C=O) groups excluding carboxylic acids is 3. The van der Waals surface area contributed by atoms with Crippen LogP contribution in [0.3, 0.4) is 0 Å². The first-order valence-electron chi connectivity index (χ1n) is 8.26. The molecule has 0 N–H and O–H groups in total. The van der Waals surface area contributed by atoms with Gasteiger partial charge in [-0.25, -0.2) is 4.79 Å². The van der Waals surface area contributed by atoms with E-state index in [9.17, 15) is 14.4 Å². The number of rotatable bonds is 6. The van der Waals surface area contributed by atoms with Gasteiger partial charge >= 0.3 is 5.97 Å². The molecule has 0 unspecified atom stereocenters. The minimum atomic E-state index is -0.379. The molecule has 3 rings (SSSR count). The van der Waals surface area contributed by atoms with Gasteiger partial charge in [0.05, 0.1) is 18.7 Å². The van der Waals surface area contributed by atoms with Crippen LogP contribution in [-0.2, 0) is 27.3 Å². The molecule has 0 saturated carbocycles. The van der Waals surface area contributed by atoms with Crippen molar-refractivity contribution in [3.05, 3.63) is 71.3 Å². The van der Waals surface area contributed by atoms with Crippen molar-refractivity contribution < 1.29 is 19.1 Å². The van der Waals surface area contributed by atoms with Crippen molar-refractivity contribution in [1.29, 1.82) is 0 Å².